The summed E-state index contributed by atoms with van der Waals surface area (Å²) in [6, 6.07) is 0. The molecule has 1 fully saturated rings. The summed E-state index contributed by atoms with van der Waals surface area (Å²) < 4.78 is 4.52. The van der Waals surface area contributed by atoms with Gasteiger partial charge in [0.25, 0.3) is 0 Å². The highest BCUT2D eigenvalue weighted by atomic mass is 16.5. The number of rotatable bonds is 5. The smallest absolute Gasteiger partial charge is 0.338 e. The molecule has 2 atom stereocenters. The minimum absolute atomic E-state index is 0.236. The van der Waals surface area contributed by atoms with Crippen LogP contribution in [0.1, 0.15) is 13.3 Å². The van der Waals surface area contributed by atoms with Crippen molar-refractivity contribution in [2.45, 2.75) is 18.9 Å². The molecule has 5 heteroatoms. The molecule has 0 saturated carbocycles. The monoisotopic (exact) mass is 230 g/mol. The third-order valence-electron chi connectivity index (χ3n) is 3.02. The molecule has 1 heterocycles. The fraction of sp³-hybridized carbons (Fsp3) is 0.909. The third kappa shape index (κ3) is 3.73. The van der Waals surface area contributed by atoms with Gasteiger partial charge in [0.15, 0.2) is 5.60 Å². The summed E-state index contributed by atoms with van der Waals surface area (Å²) in [6.07, 6.45) is 1.17. The van der Waals surface area contributed by atoms with Gasteiger partial charge >= 0.3 is 5.97 Å². The van der Waals surface area contributed by atoms with Gasteiger partial charge in [0, 0.05) is 13.1 Å². The number of hydrogen-bond donors (Lipinski definition) is 2. The molecule has 2 N–H and O–H groups in total. The molecule has 0 bridgehead atoms. The molecule has 0 aromatic heterocycles. The number of carbonyl (C=O) groups is 1. The lowest BCUT2D eigenvalue weighted by Gasteiger charge is -2.21. The van der Waals surface area contributed by atoms with Gasteiger partial charge in [0.05, 0.1) is 7.11 Å². The summed E-state index contributed by atoms with van der Waals surface area (Å²) in [5, 5.41) is 12.9. The maximum atomic E-state index is 11.2. The van der Waals surface area contributed by atoms with E-state index in [1.165, 1.54) is 20.5 Å². The Morgan fingerprint density at radius 3 is 2.88 bits per heavy atom. The largest absolute Gasteiger partial charge is 0.467 e. The Bertz CT molecular complexity index is 243. The van der Waals surface area contributed by atoms with Crippen LogP contribution in [0.4, 0.5) is 0 Å². The number of ether oxygens (including phenoxy) is 1. The quantitative estimate of drug-likeness (QED) is 0.621. The maximum Gasteiger partial charge on any atom is 0.338 e. The Labute approximate surface area is 96.8 Å². The van der Waals surface area contributed by atoms with Crippen LogP contribution in [0.3, 0.4) is 0 Å². The van der Waals surface area contributed by atoms with Gasteiger partial charge in [-0.2, -0.15) is 0 Å². The van der Waals surface area contributed by atoms with Crippen LogP contribution in [0.25, 0.3) is 0 Å². The van der Waals surface area contributed by atoms with Crippen LogP contribution in [0.2, 0.25) is 0 Å². The van der Waals surface area contributed by atoms with E-state index in [2.05, 4.69) is 22.0 Å². The topological polar surface area (TPSA) is 61.8 Å². The van der Waals surface area contributed by atoms with E-state index in [-0.39, 0.29) is 6.54 Å². The van der Waals surface area contributed by atoms with Gasteiger partial charge in [-0.15, -0.1) is 0 Å². The predicted octanol–water partition coefficient (Wildman–Crippen LogP) is -0.548. The number of nitrogens with zero attached hydrogens (tertiary/aromatic N) is 1. The average Bonchev–Trinajstić information content (AvgIpc) is 2.62. The predicted molar refractivity (Wildman–Crippen MR) is 61.1 cm³/mol. The zero-order valence-electron chi connectivity index (χ0n) is 10.3. The number of esters is 1. The number of nitrogens with one attached hydrogen (secondary N) is 1. The van der Waals surface area contributed by atoms with Gasteiger partial charge in [0.1, 0.15) is 0 Å². The Hall–Kier alpha value is -0.650. The van der Waals surface area contributed by atoms with Crippen LogP contribution in [-0.4, -0.2) is 61.9 Å². The van der Waals surface area contributed by atoms with Crippen molar-refractivity contribution in [1.82, 2.24) is 10.2 Å². The highest BCUT2D eigenvalue weighted by molar-refractivity contribution is 5.78. The van der Waals surface area contributed by atoms with Crippen molar-refractivity contribution < 1.29 is 14.6 Å². The molecule has 1 aliphatic heterocycles. The summed E-state index contributed by atoms with van der Waals surface area (Å²) in [5.74, 6) is 0.0157. The first-order valence-electron chi connectivity index (χ1n) is 5.66. The lowest BCUT2D eigenvalue weighted by Crippen LogP contribution is -2.46. The third-order valence-corrected chi connectivity index (χ3v) is 3.02. The Morgan fingerprint density at radius 1 is 1.69 bits per heavy atom. The highest BCUT2D eigenvalue weighted by Crippen LogP contribution is 2.13. The van der Waals surface area contributed by atoms with Gasteiger partial charge < -0.3 is 20.1 Å². The van der Waals surface area contributed by atoms with Crippen molar-refractivity contribution in [2.75, 3.05) is 40.3 Å². The van der Waals surface area contributed by atoms with Crippen LogP contribution in [0, 0.1) is 5.92 Å². The second-order valence-corrected chi connectivity index (χ2v) is 4.81. The number of carbonyl (C=O) groups excluding carboxylic acids is 1. The normalized spacial score (nSPS) is 25.4. The van der Waals surface area contributed by atoms with Crippen molar-refractivity contribution in [1.29, 1.82) is 0 Å². The van der Waals surface area contributed by atoms with Crippen LogP contribution < -0.4 is 5.32 Å². The molecule has 0 aliphatic carbocycles. The number of methoxy groups -OCH3 is 1. The molecule has 0 amide bonds. The Morgan fingerprint density at radius 2 is 2.38 bits per heavy atom. The number of likely N-dealkylation sites (tertiary alicyclic amines) is 1. The van der Waals surface area contributed by atoms with Gasteiger partial charge in [-0.05, 0) is 39.4 Å². The van der Waals surface area contributed by atoms with Crippen molar-refractivity contribution in [3.05, 3.63) is 0 Å². The van der Waals surface area contributed by atoms with E-state index in [9.17, 15) is 9.90 Å². The fourth-order valence-corrected chi connectivity index (χ4v) is 2.00. The van der Waals surface area contributed by atoms with Crippen molar-refractivity contribution in [2.24, 2.45) is 5.92 Å². The highest BCUT2D eigenvalue weighted by Gasteiger charge is 2.31. The summed E-state index contributed by atoms with van der Waals surface area (Å²) in [4.78, 5) is 13.5. The van der Waals surface area contributed by atoms with E-state index in [1.54, 1.807) is 0 Å². The first kappa shape index (κ1) is 13.4. The molecule has 0 radical (unpaired) electrons. The zero-order valence-corrected chi connectivity index (χ0v) is 10.3. The molecule has 1 rings (SSSR count). The first-order valence-corrected chi connectivity index (χ1v) is 5.66. The molecule has 94 valence electrons. The van der Waals surface area contributed by atoms with E-state index >= 15 is 0 Å². The van der Waals surface area contributed by atoms with E-state index < -0.39 is 11.6 Å². The van der Waals surface area contributed by atoms with Gasteiger partial charge in [-0.1, -0.05) is 0 Å². The second-order valence-electron chi connectivity index (χ2n) is 4.81. The van der Waals surface area contributed by atoms with Crippen molar-refractivity contribution in [3.63, 3.8) is 0 Å². The number of hydrogen-bond acceptors (Lipinski definition) is 5. The summed E-state index contributed by atoms with van der Waals surface area (Å²) >= 11 is 0. The molecule has 1 aliphatic rings. The van der Waals surface area contributed by atoms with E-state index in [0.717, 1.165) is 19.6 Å². The van der Waals surface area contributed by atoms with Crippen LogP contribution in [-0.2, 0) is 9.53 Å². The summed E-state index contributed by atoms with van der Waals surface area (Å²) in [7, 11) is 3.38. The van der Waals surface area contributed by atoms with E-state index in [1.807, 2.05) is 0 Å². The van der Waals surface area contributed by atoms with Gasteiger partial charge in [-0.25, -0.2) is 4.79 Å². The molecule has 0 aromatic carbocycles. The Balaban J connectivity index is 2.22. The average molecular weight is 230 g/mol. The van der Waals surface area contributed by atoms with Gasteiger partial charge in [-0.3, -0.25) is 0 Å². The van der Waals surface area contributed by atoms with Crippen molar-refractivity contribution >= 4 is 5.97 Å². The fourth-order valence-electron chi connectivity index (χ4n) is 2.00. The van der Waals surface area contributed by atoms with Crippen LogP contribution in [0.5, 0.6) is 0 Å². The SMILES string of the molecule is COC(=O)C(C)(O)CNCC1CCN(C)C1. The molecule has 2 unspecified atom stereocenters. The Kier molecular flexibility index (Phi) is 4.70. The standard InChI is InChI=1S/C11H22N2O3/c1-11(15,10(14)16-3)8-12-6-9-4-5-13(2)7-9/h9,12,15H,4-8H2,1-3H3. The molecule has 0 aromatic rings. The maximum absolute atomic E-state index is 11.2. The molecule has 16 heavy (non-hydrogen) atoms. The lowest BCUT2D eigenvalue weighted by atomic mass is 10.1. The van der Waals surface area contributed by atoms with E-state index in [4.69, 9.17) is 0 Å². The summed E-state index contributed by atoms with van der Waals surface area (Å²) in [5.41, 5.74) is -1.43. The lowest BCUT2D eigenvalue weighted by molar-refractivity contribution is -0.159. The second kappa shape index (κ2) is 5.61. The minimum atomic E-state index is -1.43. The van der Waals surface area contributed by atoms with E-state index in [0.29, 0.717) is 5.92 Å². The summed E-state index contributed by atoms with van der Waals surface area (Å²) in [6.45, 7) is 4.73. The van der Waals surface area contributed by atoms with Crippen molar-refractivity contribution in [3.8, 4) is 0 Å². The van der Waals surface area contributed by atoms with Crippen LogP contribution >= 0.6 is 0 Å². The molecule has 1 saturated heterocycles. The molecular weight excluding hydrogens is 208 g/mol. The molecule has 0 spiro atoms. The van der Waals surface area contributed by atoms with Gasteiger partial charge in [0.2, 0.25) is 0 Å². The molecular formula is C11H22N2O3. The minimum Gasteiger partial charge on any atom is -0.467 e. The zero-order chi connectivity index (χ0) is 12.2. The molecule has 5 nitrogen and oxygen atoms in total. The first-order chi connectivity index (χ1) is 7.45. The number of aliphatic hydroxyl groups is 1. The van der Waals surface area contributed by atoms with Crippen LogP contribution in [0.15, 0.2) is 0 Å².